The Hall–Kier alpha value is -1.61. The first-order valence-corrected chi connectivity index (χ1v) is 7.56. The summed E-state index contributed by atoms with van der Waals surface area (Å²) in [5.74, 6) is 0.951. The summed E-state index contributed by atoms with van der Waals surface area (Å²) in [5.41, 5.74) is 1.05. The highest BCUT2D eigenvalue weighted by Crippen LogP contribution is 2.39. The lowest BCUT2D eigenvalue weighted by Gasteiger charge is -2.42. The molecule has 0 amide bonds. The molecule has 3 heteroatoms. The third-order valence-electron chi connectivity index (χ3n) is 4.18. The summed E-state index contributed by atoms with van der Waals surface area (Å²) < 4.78 is 6.31. The predicted octanol–water partition coefficient (Wildman–Crippen LogP) is 3.54. The van der Waals surface area contributed by atoms with E-state index in [2.05, 4.69) is 41.5 Å². The van der Waals surface area contributed by atoms with Crippen molar-refractivity contribution in [2.45, 2.75) is 38.2 Å². The van der Waals surface area contributed by atoms with Crippen LogP contribution in [0.25, 0.3) is 10.9 Å². The van der Waals surface area contributed by atoms with E-state index in [1.807, 2.05) is 12.3 Å². The zero-order valence-corrected chi connectivity index (χ0v) is 12.1. The maximum Gasteiger partial charge on any atom is 0.122 e. The molecule has 2 aromatic rings. The van der Waals surface area contributed by atoms with Crippen molar-refractivity contribution in [2.75, 3.05) is 13.1 Å². The van der Waals surface area contributed by atoms with Crippen molar-refractivity contribution in [1.82, 2.24) is 10.3 Å². The molecule has 1 saturated carbocycles. The van der Waals surface area contributed by atoms with Gasteiger partial charge in [0.2, 0.25) is 0 Å². The van der Waals surface area contributed by atoms with Crippen molar-refractivity contribution in [1.29, 1.82) is 0 Å². The molecule has 1 aliphatic carbocycles. The molecule has 3 rings (SSSR count). The molecule has 1 aromatic heterocycles. The Labute approximate surface area is 120 Å². The lowest BCUT2D eigenvalue weighted by Crippen LogP contribution is -2.45. The average Bonchev–Trinajstić information content (AvgIpc) is 2.44. The minimum atomic E-state index is 0.0463. The molecule has 1 aromatic carbocycles. The smallest absolute Gasteiger partial charge is 0.122 e. The standard InChI is InChI=1S/C17H22N2O/c1-2-18-12-10-17(8-4-9-17)20-15-7-6-14-5-3-11-19-16(14)13-15/h3,5-7,11,13,18H,2,4,8-10,12H2,1H3. The van der Waals surface area contributed by atoms with Crippen molar-refractivity contribution in [3.8, 4) is 5.75 Å². The molecule has 0 radical (unpaired) electrons. The van der Waals surface area contributed by atoms with Gasteiger partial charge in [0.25, 0.3) is 0 Å². The zero-order valence-electron chi connectivity index (χ0n) is 12.1. The summed E-state index contributed by atoms with van der Waals surface area (Å²) in [6.45, 7) is 4.20. The molecule has 1 aliphatic rings. The molecule has 0 aliphatic heterocycles. The Morgan fingerprint density at radius 1 is 1.30 bits per heavy atom. The quantitative estimate of drug-likeness (QED) is 0.815. The van der Waals surface area contributed by atoms with Gasteiger partial charge in [-0.05, 0) is 57.0 Å². The number of fused-ring (bicyclic) bond motifs is 1. The van der Waals surface area contributed by atoms with Crippen LogP contribution in [-0.4, -0.2) is 23.7 Å². The Morgan fingerprint density at radius 3 is 2.95 bits per heavy atom. The molecular weight excluding hydrogens is 248 g/mol. The lowest BCUT2D eigenvalue weighted by molar-refractivity contribution is -0.0140. The van der Waals surface area contributed by atoms with Gasteiger partial charge in [0, 0.05) is 17.6 Å². The highest BCUT2D eigenvalue weighted by molar-refractivity contribution is 5.79. The second kappa shape index (κ2) is 5.80. The fourth-order valence-corrected chi connectivity index (χ4v) is 2.83. The van der Waals surface area contributed by atoms with Gasteiger partial charge in [-0.1, -0.05) is 13.0 Å². The van der Waals surface area contributed by atoms with Crippen molar-refractivity contribution in [3.05, 3.63) is 36.5 Å². The van der Waals surface area contributed by atoms with Crippen LogP contribution >= 0.6 is 0 Å². The van der Waals surface area contributed by atoms with Gasteiger partial charge < -0.3 is 10.1 Å². The maximum atomic E-state index is 6.31. The second-order valence-electron chi connectivity index (χ2n) is 5.60. The van der Waals surface area contributed by atoms with Gasteiger partial charge in [-0.3, -0.25) is 4.98 Å². The van der Waals surface area contributed by atoms with E-state index in [4.69, 9.17) is 4.74 Å². The van der Waals surface area contributed by atoms with Gasteiger partial charge in [0.15, 0.2) is 0 Å². The number of pyridine rings is 1. The fraction of sp³-hybridized carbons (Fsp3) is 0.471. The number of ether oxygens (including phenoxy) is 1. The van der Waals surface area contributed by atoms with E-state index < -0.39 is 0 Å². The van der Waals surface area contributed by atoms with E-state index in [0.29, 0.717) is 0 Å². The van der Waals surface area contributed by atoms with Gasteiger partial charge in [-0.25, -0.2) is 0 Å². The minimum absolute atomic E-state index is 0.0463. The number of hydrogen-bond acceptors (Lipinski definition) is 3. The number of nitrogens with one attached hydrogen (secondary N) is 1. The normalized spacial score (nSPS) is 16.9. The van der Waals surface area contributed by atoms with Crippen LogP contribution in [0, 0.1) is 0 Å². The summed E-state index contributed by atoms with van der Waals surface area (Å²) in [6, 6.07) is 10.3. The van der Waals surface area contributed by atoms with Crippen molar-refractivity contribution in [3.63, 3.8) is 0 Å². The first-order chi connectivity index (χ1) is 9.81. The summed E-state index contributed by atoms with van der Waals surface area (Å²) in [5, 5.41) is 4.56. The summed E-state index contributed by atoms with van der Waals surface area (Å²) in [4.78, 5) is 4.40. The SMILES string of the molecule is CCNCCC1(Oc2ccc3cccnc3c2)CCC1. The fourth-order valence-electron chi connectivity index (χ4n) is 2.83. The van der Waals surface area contributed by atoms with Crippen LogP contribution in [0.2, 0.25) is 0 Å². The Balaban J connectivity index is 1.73. The summed E-state index contributed by atoms with van der Waals surface area (Å²) >= 11 is 0. The maximum absolute atomic E-state index is 6.31. The van der Waals surface area contributed by atoms with Gasteiger partial charge in [-0.2, -0.15) is 0 Å². The summed E-state index contributed by atoms with van der Waals surface area (Å²) in [7, 11) is 0. The molecule has 0 atom stereocenters. The molecule has 1 heterocycles. The first-order valence-electron chi connectivity index (χ1n) is 7.56. The molecule has 0 bridgehead atoms. The molecule has 106 valence electrons. The first kappa shape index (κ1) is 13.4. The van der Waals surface area contributed by atoms with Crippen molar-refractivity contribution < 1.29 is 4.74 Å². The number of rotatable bonds is 6. The highest BCUT2D eigenvalue weighted by Gasteiger charge is 2.38. The second-order valence-corrected chi connectivity index (χ2v) is 5.60. The van der Waals surface area contributed by atoms with E-state index in [1.54, 1.807) is 0 Å². The van der Waals surface area contributed by atoms with Gasteiger partial charge in [-0.15, -0.1) is 0 Å². The van der Waals surface area contributed by atoms with E-state index in [0.717, 1.165) is 36.2 Å². The van der Waals surface area contributed by atoms with E-state index in [-0.39, 0.29) is 5.60 Å². The van der Waals surface area contributed by atoms with Crippen LogP contribution in [0.15, 0.2) is 36.5 Å². The van der Waals surface area contributed by atoms with E-state index in [9.17, 15) is 0 Å². The predicted molar refractivity (Wildman–Crippen MR) is 82.1 cm³/mol. The van der Waals surface area contributed by atoms with Crippen LogP contribution in [0.3, 0.4) is 0 Å². The van der Waals surface area contributed by atoms with Gasteiger partial charge in [0.1, 0.15) is 11.4 Å². The molecule has 3 nitrogen and oxygen atoms in total. The number of hydrogen-bond donors (Lipinski definition) is 1. The third-order valence-corrected chi connectivity index (χ3v) is 4.18. The van der Waals surface area contributed by atoms with Crippen molar-refractivity contribution >= 4 is 10.9 Å². The summed E-state index contributed by atoms with van der Waals surface area (Å²) in [6.07, 6.45) is 6.52. The zero-order chi connectivity index (χ0) is 13.8. The Kier molecular flexibility index (Phi) is 3.88. The largest absolute Gasteiger partial charge is 0.487 e. The number of benzene rings is 1. The Morgan fingerprint density at radius 2 is 2.20 bits per heavy atom. The van der Waals surface area contributed by atoms with Crippen LogP contribution in [0.4, 0.5) is 0 Å². The number of aromatic nitrogens is 1. The monoisotopic (exact) mass is 270 g/mol. The van der Waals surface area contributed by atoms with Crippen LogP contribution in [-0.2, 0) is 0 Å². The highest BCUT2D eigenvalue weighted by atomic mass is 16.5. The van der Waals surface area contributed by atoms with E-state index >= 15 is 0 Å². The molecular formula is C17H22N2O. The van der Waals surface area contributed by atoms with Crippen LogP contribution in [0.1, 0.15) is 32.6 Å². The van der Waals surface area contributed by atoms with Crippen molar-refractivity contribution in [2.24, 2.45) is 0 Å². The van der Waals surface area contributed by atoms with E-state index in [1.165, 1.54) is 19.3 Å². The Bertz CT molecular complexity index is 578. The molecule has 20 heavy (non-hydrogen) atoms. The molecule has 0 spiro atoms. The van der Waals surface area contributed by atoms with Crippen LogP contribution < -0.4 is 10.1 Å². The van der Waals surface area contributed by atoms with Gasteiger partial charge >= 0.3 is 0 Å². The topological polar surface area (TPSA) is 34.1 Å². The lowest BCUT2D eigenvalue weighted by atomic mass is 9.77. The molecule has 1 fully saturated rings. The third kappa shape index (κ3) is 2.78. The number of nitrogens with zero attached hydrogens (tertiary/aromatic N) is 1. The average molecular weight is 270 g/mol. The molecule has 0 unspecified atom stereocenters. The van der Waals surface area contributed by atoms with Crippen LogP contribution in [0.5, 0.6) is 5.75 Å². The molecule has 1 N–H and O–H groups in total. The van der Waals surface area contributed by atoms with Gasteiger partial charge in [0.05, 0.1) is 5.52 Å². The molecule has 0 saturated heterocycles. The minimum Gasteiger partial charge on any atom is -0.487 e.